The molecule has 2 aromatic carbocycles. The highest BCUT2D eigenvalue weighted by Gasteiger charge is 2.18. The van der Waals surface area contributed by atoms with Gasteiger partial charge < -0.3 is 19.7 Å². The number of amides is 2. The minimum Gasteiger partial charge on any atom is -0.454 e. The van der Waals surface area contributed by atoms with Crippen LogP contribution >= 0.6 is 11.6 Å². The van der Waals surface area contributed by atoms with Crippen molar-refractivity contribution in [3.8, 4) is 11.5 Å². The highest BCUT2D eigenvalue weighted by Crippen LogP contribution is 2.35. The number of carbonyl (C=O) groups is 2. The van der Waals surface area contributed by atoms with Crippen LogP contribution in [-0.2, 0) is 4.79 Å². The maximum Gasteiger partial charge on any atom is 0.252 e. The molecule has 130 valence electrons. The second-order valence-electron chi connectivity index (χ2n) is 5.44. The fourth-order valence-corrected chi connectivity index (χ4v) is 2.76. The number of halogens is 1. The summed E-state index contributed by atoms with van der Waals surface area (Å²) in [5, 5.41) is 3.16. The molecule has 0 aromatic heterocycles. The van der Waals surface area contributed by atoms with Gasteiger partial charge in [0, 0.05) is 31.8 Å². The van der Waals surface area contributed by atoms with Crippen molar-refractivity contribution < 1.29 is 19.1 Å². The van der Waals surface area contributed by atoms with Crippen LogP contribution in [0.3, 0.4) is 0 Å². The highest BCUT2D eigenvalue weighted by atomic mass is 35.5. The molecule has 0 radical (unpaired) electrons. The molecule has 2 aromatic rings. The van der Waals surface area contributed by atoms with E-state index in [1.165, 1.54) is 6.92 Å². The summed E-state index contributed by atoms with van der Waals surface area (Å²) >= 11 is 6.01. The topological polar surface area (TPSA) is 67.9 Å². The summed E-state index contributed by atoms with van der Waals surface area (Å²) in [6, 6.07) is 12.1. The number of nitrogens with one attached hydrogen (secondary N) is 1. The van der Waals surface area contributed by atoms with Crippen molar-refractivity contribution in [2.75, 3.05) is 24.8 Å². The van der Waals surface area contributed by atoms with Gasteiger partial charge in [0.15, 0.2) is 11.5 Å². The molecule has 25 heavy (non-hydrogen) atoms. The Balaban J connectivity index is 1.64. The molecular formula is C18H17ClN2O4. The van der Waals surface area contributed by atoms with Crippen LogP contribution in [-0.4, -0.2) is 31.7 Å². The molecule has 1 heterocycles. The van der Waals surface area contributed by atoms with Crippen LogP contribution in [0.2, 0.25) is 5.02 Å². The normalized spacial score (nSPS) is 11.9. The van der Waals surface area contributed by atoms with Gasteiger partial charge in [-0.1, -0.05) is 23.7 Å². The second kappa shape index (κ2) is 7.44. The summed E-state index contributed by atoms with van der Waals surface area (Å²) < 4.78 is 10.6. The van der Waals surface area contributed by atoms with Crippen molar-refractivity contribution in [3.63, 3.8) is 0 Å². The smallest absolute Gasteiger partial charge is 0.252 e. The number of carbonyl (C=O) groups excluding carboxylic acids is 2. The summed E-state index contributed by atoms with van der Waals surface area (Å²) in [7, 11) is 0. The van der Waals surface area contributed by atoms with Crippen LogP contribution < -0.4 is 19.7 Å². The highest BCUT2D eigenvalue weighted by molar-refractivity contribution is 6.33. The molecule has 0 spiro atoms. The largest absolute Gasteiger partial charge is 0.454 e. The maximum atomic E-state index is 12.2. The van der Waals surface area contributed by atoms with Gasteiger partial charge in [0.2, 0.25) is 12.7 Å². The number of nitrogens with zero attached hydrogens (tertiary/aromatic N) is 1. The van der Waals surface area contributed by atoms with E-state index in [1.807, 2.05) is 0 Å². The summed E-state index contributed by atoms with van der Waals surface area (Å²) in [4.78, 5) is 25.7. The number of fused-ring (bicyclic) bond motifs is 1. The first-order valence-electron chi connectivity index (χ1n) is 7.77. The molecule has 7 heteroatoms. The lowest BCUT2D eigenvalue weighted by molar-refractivity contribution is -0.116. The average molecular weight is 361 g/mol. The summed E-state index contributed by atoms with van der Waals surface area (Å²) in [6.07, 6.45) is 0. The zero-order valence-electron chi connectivity index (χ0n) is 13.6. The number of hydrogen-bond donors (Lipinski definition) is 1. The standard InChI is InChI=1S/C18H17ClN2O4/c1-12(22)21(13-6-7-16-17(10-13)25-11-24-16)9-8-20-18(23)14-4-2-3-5-15(14)19/h2-7,10H,8-9,11H2,1H3,(H,20,23). The van der Waals surface area contributed by atoms with Gasteiger partial charge >= 0.3 is 0 Å². The first kappa shape index (κ1) is 17.1. The average Bonchev–Trinajstić information content (AvgIpc) is 3.06. The molecule has 1 aliphatic heterocycles. The Kier molecular flexibility index (Phi) is 5.09. The van der Waals surface area contributed by atoms with Crippen molar-refractivity contribution in [2.45, 2.75) is 6.92 Å². The van der Waals surface area contributed by atoms with E-state index in [4.69, 9.17) is 21.1 Å². The predicted octanol–water partition coefficient (Wildman–Crippen LogP) is 2.85. The van der Waals surface area contributed by atoms with Crippen LogP contribution in [0.4, 0.5) is 5.69 Å². The number of rotatable bonds is 5. The van der Waals surface area contributed by atoms with Gasteiger partial charge in [0.05, 0.1) is 10.6 Å². The fraction of sp³-hybridized carbons (Fsp3) is 0.222. The van der Waals surface area contributed by atoms with Crippen LogP contribution in [0.25, 0.3) is 0 Å². The zero-order chi connectivity index (χ0) is 17.8. The zero-order valence-corrected chi connectivity index (χ0v) is 14.4. The monoisotopic (exact) mass is 360 g/mol. The molecule has 0 aliphatic carbocycles. The number of benzene rings is 2. The first-order chi connectivity index (χ1) is 12.1. The van der Waals surface area contributed by atoms with Crippen LogP contribution in [0.1, 0.15) is 17.3 Å². The van der Waals surface area contributed by atoms with E-state index in [1.54, 1.807) is 47.4 Å². The molecule has 0 fully saturated rings. The molecule has 0 bridgehead atoms. The van der Waals surface area contributed by atoms with Gasteiger partial charge in [0.1, 0.15) is 0 Å². The van der Waals surface area contributed by atoms with E-state index in [2.05, 4.69) is 5.32 Å². The Morgan fingerprint density at radius 1 is 1.16 bits per heavy atom. The van der Waals surface area contributed by atoms with Crippen LogP contribution in [0.15, 0.2) is 42.5 Å². The number of hydrogen-bond acceptors (Lipinski definition) is 4. The third-order valence-corrected chi connectivity index (χ3v) is 4.12. The van der Waals surface area contributed by atoms with Crippen molar-refractivity contribution >= 4 is 29.1 Å². The van der Waals surface area contributed by atoms with Crippen molar-refractivity contribution in [2.24, 2.45) is 0 Å². The van der Waals surface area contributed by atoms with Gasteiger partial charge in [-0.3, -0.25) is 9.59 Å². The molecule has 2 amide bonds. The Hall–Kier alpha value is -2.73. The lowest BCUT2D eigenvalue weighted by atomic mass is 10.2. The number of ether oxygens (including phenoxy) is 2. The third-order valence-electron chi connectivity index (χ3n) is 3.79. The fourth-order valence-electron chi connectivity index (χ4n) is 2.54. The molecule has 3 rings (SSSR count). The lowest BCUT2D eigenvalue weighted by Gasteiger charge is -2.21. The molecule has 0 saturated heterocycles. The molecule has 0 saturated carbocycles. The quantitative estimate of drug-likeness (QED) is 0.890. The van der Waals surface area contributed by atoms with E-state index in [-0.39, 0.29) is 25.2 Å². The van der Waals surface area contributed by atoms with E-state index in [0.29, 0.717) is 34.3 Å². The predicted molar refractivity (Wildman–Crippen MR) is 94.4 cm³/mol. The maximum absolute atomic E-state index is 12.2. The van der Waals surface area contributed by atoms with E-state index >= 15 is 0 Å². The van der Waals surface area contributed by atoms with Gasteiger partial charge in [-0.05, 0) is 24.3 Å². The Bertz CT molecular complexity index is 809. The Morgan fingerprint density at radius 3 is 2.68 bits per heavy atom. The minimum atomic E-state index is -0.278. The van der Waals surface area contributed by atoms with Crippen molar-refractivity contribution in [1.29, 1.82) is 0 Å². The van der Waals surface area contributed by atoms with E-state index in [9.17, 15) is 9.59 Å². The Morgan fingerprint density at radius 2 is 1.92 bits per heavy atom. The molecule has 6 nitrogen and oxygen atoms in total. The molecular weight excluding hydrogens is 344 g/mol. The molecule has 0 atom stereocenters. The van der Waals surface area contributed by atoms with Gasteiger partial charge in [0.25, 0.3) is 5.91 Å². The van der Waals surface area contributed by atoms with E-state index < -0.39 is 0 Å². The summed E-state index contributed by atoms with van der Waals surface area (Å²) in [5.41, 5.74) is 1.09. The second-order valence-corrected chi connectivity index (χ2v) is 5.85. The lowest BCUT2D eigenvalue weighted by Crippen LogP contribution is -2.37. The minimum absolute atomic E-state index is 0.133. The van der Waals surface area contributed by atoms with Gasteiger partial charge in [-0.15, -0.1) is 0 Å². The van der Waals surface area contributed by atoms with Crippen LogP contribution in [0, 0.1) is 0 Å². The van der Waals surface area contributed by atoms with Gasteiger partial charge in [-0.2, -0.15) is 0 Å². The summed E-state index contributed by atoms with van der Waals surface area (Å²) in [6.45, 7) is 2.26. The summed E-state index contributed by atoms with van der Waals surface area (Å²) in [5.74, 6) is 0.841. The van der Waals surface area contributed by atoms with Crippen molar-refractivity contribution in [3.05, 3.63) is 53.1 Å². The van der Waals surface area contributed by atoms with Gasteiger partial charge in [-0.25, -0.2) is 0 Å². The molecule has 0 unspecified atom stereocenters. The van der Waals surface area contributed by atoms with E-state index in [0.717, 1.165) is 0 Å². The first-order valence-corrected chi connectivity index (χ1v) is 8.14. The van der Waals surface area contributed by atoms with Crippen LogP contribution in [0.5, 0.6) is 11.5 Å². The molecule has 1 aliphatic rings. The molecule has 1 N–H and O–H groups in total. The SMILES string of the molecule is CC(=O)N(CCNC(=O)c1ccccc1Cl)c1ccc2c(c1)OCO2. The third kappa shape index (κ3) is 3.85. The van der Waals surface area contributed by atoms with Crippen molar-refractivity contribution in [1.82, 2.24) is 5.32 Å². The Labute approximate surface area is 150 Å². The number of anilines is 1.